The Morgan fingerprint density at radius 3 is 2.24 bits per heavy atom. The average molecular weight is 697 g/mol. The summed E-state index contributed by atoms with van der Waals surface area (Å²) in [5, 5.41) is 13.2. The molecule has 6 aliphatic carbocycles. The van der Waals surface area contributed by atoms with Crippen LogP contribution in [0.3, 0.4) is 0 Å². The zero-order chi connectivity index (χ0) is 35.2. The fourth-order valence-electron chi connectivity index (χ4n) is 14.2. The van der Waals surface area contributed by atoms with Crippen molar-refractivity contribution in [2.75, 3.05) is 25.9 Å². The van der Waals surface area contributed by atoms with E-state index in [2.05, 4.69) is 52.1 Å². The van der Waals surface area contributed by atoms with Crippen LogP contribution in [0.15, 0.2) is 23.3 Å². The molecule has 4 saturated carbocycles. The summed E-state index contributed by atoms with van der Waals surface area (Å²) in [6, 6.07) is 0. The Labute approximate surface area is 296 Å². The van der Waals surface area contributed by atoms with Crippen molar-refractivity contribution in [1.29, 1.82) is 0 Å². The van der Waals surface area contributed by atoms with E-state index in [0.717, 1.165) is 25.7 Å². The van der Waals surface area contributed by atoms with Crippen LogP contribution < -0.4 is 5.32 Å². The van der Waals surface area contributed by atoms with Gasteiger partial charge in [0.1, 0.15) is 9.84 Å². The van der Waals surface area contributed by atoms with Gasteiger partial charge >= 0.3 is 5.97 Å². The molecule has 1 saturated heterocycles. The number of allylic oxidation sites excluding steroid dienone is 4. The molecule has 274 valence electrons. The van der Waals surface area contributed by atoms with Gasteiger partial charge in [0.05, 0.1) is 17.7 Å². The predicted molar refractivity (Wildman–Crippen MR) is 195 cm³/mol. The number of piperidine rings is 1. The van der Waals surface area contributed by atoms with Gasteiger partial charge in [-0.2, -0.15) is 0 Å². The van der Waals surface area contributed by atoms with Gasteiger partial charge in [0.15, 0.2) is 0 Å². The molecule has 0 aromatic heterocycles. The van der Waals surface area contributed by atoms with E-state index >= 15 is 0 Å². The Hall–Kier alpha value is -1.67. The molecule has 0 aromatic rings. The number of nitrogens with zero attached hydrogens (tertiary/aromatic N) is 1. The molecule has 2 N–H and O–H groups in total. The molecule has 0 bridgehead atoms. The quantitative estimate of drug-likeness (QED) is 0.297. The van der Waals surface area contributed by atoms with Gasteiger partial charge in [-0.1, -0.05) is 53.2 Å². The van der Waals surface area contributed by atoms with Crippen LogP contribution in [0.2, 0.25) is 0 Å². The fraction of sp³-hybridized carbons (Fsp3) is 0.854. The number of hydrogen-bond acceptors (Lipinski definition) is 5. The van der Waals surface area contributed by atoms with Crippen molar-refractivity contribution in [2.24, 2.45) is 51.2 Å². The Kier molecular flexibility index (Phi) is 8.89. The predicted octanol–water partition coefficient (Wildman–Crippen LogP) is 7.57. The molecule has 49 heavy (non-hydrogen) atoms. The van der Waals surface area contributed by atoms with Crippen LogP contribution in [0.1, 0.15) is 131 Å². The first-order valence-corrected chi connectivity index (χ1v) is 21.8. The van der Waals surface area contributed by atoms with Crippen LogP contribution in [-0.2, 0) is 19.4 Å². The van der Waals surface area contributed by atoms with E-state index < -0.39 is 15.8 Å². The molecule has 7 rings (SSSR count). The van der Waals surface area contributed by atoms with Crippen LogP contribution in [0.4, 0.5) is 0 Å². The van der Waals surface area contributed by atoms with E-state index in [0.29, 0.717) is 62.6 Å². The summed E-state index contributed by atoms with van der Waals surface area (Å²) in [6.07, 6.45) is 21.9. The smallest absolute Gasteiger partial charge is 0.306 e. The van der Waals surface area contributed by atoms with Crippen molar-refractivity contribution < 1.29 is 23.1 Å². The van der Waals surface area contributed by atoms with Gasteiger partial charge < -0.3 is 15.3 Å². The van der Waals surface area contributed by atoms with Crippen molar-refractivity contribution in [3.8, 4) is 0 Å². The standard InChI is InChI=1S/C41H64N2O5S/c1-37(2)30(27-9-11-28(12-10-27)36(45)46)15-20-38(3)33(37)16-21-40(5)34(38)14-13-31-32-8-7-19-41(32,23-22-39(31,40)4)42-26-35(44)43-24-17-29(18-25-43)49(6,47)48/h9,15,28-29,31-34,42H,7-8,10-14,16-26H2,1-6H3,(H,45,46)/t28-,31+,32+,33?,34?,38-,39+,40+,41-/m0/s1. The van der Waals surface area contributed by atoms with Crippen molar-refractivity contribution >= 4 is 21.7 Å². The minimum absolute atomic E-state index is 0.0487. The maximum atomic E-state index is 13.4. The van der Waals surface area contributed by atoms with Crippen molar-refractivity contribution in [1.82, 2.24) is 10.2 Å². The summed E-state index contributed by atoms with van der Waals surface area (Å²) in [6.45, 7) is 14.5. The first-order chi connectivity index (χ1) is 23.0. The number of aliphatic carboxylic acids is 1. The zero-order valence-corrected chi connectivity index (χ0v) is 32.1. The van der Waals surface area contributed by atoms with E-state index in [-0.39, 0.29) is 44.3 Å². The first-order valence-electron chi connectivity index (χ1n) is 19.8. The monoisotopic (exact) mass is 696 g/mol. The van der Waals surface area contributed by atoms with Crippen molar-refractivity contribution in [2.45, 2.75) is 142 Å². The molecule has 0 radical (unpaired) electrons. The molecule has 1 heterocycles. The number of likely N-dealkylation sites (tertiary alicyclic amines) is 1. The number of rotatable bonds is 6. The molecule has 0 spiro atoms. The lowest BCUT2D eigenvalue weighted by molar-refractivity contribution is -0.218. The van der Waals surface area contributed by atoms with Gasteiger partial charge in [0, 0.05) is 24.9 Å². The lowest BCUT2D eigenvalue weighted by atomic mass is 9.33. The van der Waals surface area contributed by atoms with Gasteiger partial charge in [-0.25, -0.2) is 8.42 Å². The van der Waals surface area contributed by atoms with Gasteiger partial charge in [0.2, 0.25) is 5.91 Å². The zero-order valence-electron chi connectivity index (χ0n) is 31.3. The van der Waals surface area contributed by atoms with Crippen LogP contribution in [0.5, 0.6) is 0 Å². The lowest BCUT2D eigenvalue weighted by Gasteiger charge is -2.72. The summed E-state index contributed by atoms with van der Waals surface area (Å²) in [5.41, 5.74) is 3.89. The number of carbonyl (C=O) groups excluding carboxylic acids is 1. The summed E-state index contributed by atoms with van der Waals surface area (Å²) in [4.78, 5) is 27.0. The summed E-state index contributed by atoms with van der Waals surface area (Å²) in [7, 11) is -3.05. The molecule has 9 atom stereocenters. The van der Waals surface area contributed by atoms with Crippen molar-refractivity contribution in [3.63, 3.8) is 0 Å². The normalized spacial score (nSPS) is 43.7. The maximum Gasteiger partial charge on any atom is 0.306 e. The molecular formula is C41H64N2O5S. The largest absolute Gasteiger partial charge is 0.481 e. The fourth-order valence-corrected chi connectivity index (χ4v) is 15.3. The highest BCUT2D eigenvalue weighted by molar-refractivity contribution is 7.91. The molecule has 0 aromatic carbocycles. The van der Waals surface area contributed by atoms with Crippen LogP contribution in [0.25, 0.3) is 0 Å². The summed E-state index contributed by atoms with van der Waals surface area (Å²) >= 11 is 0. The molecule has 7 aliphatic rings. The highest BCUT2D eigenvalue weighted by atomic mass is 32.2. The summed E-state index contributed by atoms with van der Waals surface area (Å²) < 4.78 is 24.1. The SMILES string of the molecule is CC1(C)C(C2=CC[C@H](C(=O)O)CC2)=CC[C@@]2(C)C1CC[C@]1(C)C2CC[C@@H]2[C@H]3CCC[C@]3(NCC(=O)N3CCC(S(C)(=O)=O)CC3)CC[C@]21C. The van der Waals surface area contributed by atoms with Crippen molar-refractivity contribution in [3.05, 3.63) is 23.3 Å². The third-order valence-electron chi connectivity index (χ3n) is 17.0. The molecule has 1 aliphatic heterocycles. The Morgan fingerprint density at radius 2 is 1.59 bits per heavy atom. The number of amides is 1. The first kappa shape index (κ1) is 35.7. The minimum Gasteiger partial charge on any atom is -0.481 e. The molecular weight excluding hydrogens is 633 g/mol. The molecule has 5 fully saturated rings. The number of carboxylic acid groups (broad SMARTS) is 1. The van der Waals surface area contributed by atoms with E-state index in [1.54, 1.807) is 0 Å². The minimum atomic E-state index is -3.05. The maximum absolute atomic E-state index is 13.4. The van der Waals surface area contributed by atoms with E-state index in [1.807, 2.05) is 4.90 Å². The van der Waals surface area contributed by atoms with Crippen LogP contribution in [0, 0.1) is 51.2 Å². The number of nitrogens with one attached hydrogen (secondary N) is 1. The average Bonchev–Trinajstić information content (AvgIpc) is 3.48. The molecule has 2 unspecified atom stereocenters. The van der Waals surface area contributed by atoms with Crippen LogP contribution in [-0.4, -0.2) is 67.0 Å². The number of sulfone groups is 1. The van der Waals surface area contributed by atoms with E-state index in [9.17, 15) is 23.1 Å². The Morgan fingerprint density at radius 1 is 0.857 bits per heavy atom. The second-order valence-electron chi connectivity index (χ2n) is 19.2. The molecule has 1 amide bonds. The highest BCUT2D eigenvalue weighted by Gasteiger charge is 2.69. The topological polar surface area (TPSA) is 104 Å². The van der Waals surface area contributed by atoms with Gasteiger partial charge in [-0.05, 0) is 146 Å². The Balaban J connectivity index is 1.07. The van der Waals surface area contributed by atoms with E-state index in [4.69, 9.17) is 0 Å². The van der Waals surface area contributed by atoms with Crippen LogP contribution >= 0.6 is 0 Å². The number of carbonyl (C=O) groups is 2. The lowest BCUT2D eigenvalue weighted by Crippen LogP contribution is -2.67. The second kappa shape index (κ2) is 12.2. The third-order valence-corrected chi connectivity index (χ3v) is 18.7. The van der Waals surface area contributed by atoms with Gasteiger partial charge in [-0.3, -0.25) is 9.59 Å². The Bertz CT molecular complexity index is 1530. The second-order valence-corrected chi connectivity index (χ2v) is 21.5. The number of carboxylic acids is 1. The third kappa shape index (κ3) is 5.53. The highest BCUT2D eigenvalue weighted by Crippen LogP contribution is 2.76. The summed E-state index contributed by atoms with van der Waals surface area (Å²) in [5.74, 6) is 1.86. The molecule has 8 heteroatoms. The van der Waals surface area contributed by atoms with Gasteiger partial charge in [0.25, 0.3) is 0 Å². The molecule has 7 nitrogen and oxygen atoms in total. The number of fused-ring (bicyclic) bond motifs is 7. The van der Waals surface area contributed by atoms with E-state index in [1.165, 1.54) is 68.8 Å². The van der Waals surface area contributed by atoms with Gasteiger partial charge in [-0.15, -0.1) is 0 Å². The number of hydrogen-bond donors (Lipinski definition) is 2.